The Balaban J connectivity index is 2.73. The molecule has 0 aromatic carbocycles. The van der Waals surface area contributed by atoms with Crippen LogP contribution in [-0.2, 0) is 0 Å². The number of hydrogen-bond donors (Lipinski definition) is 0. The quantitative estimate of drug-likeness (QED) is 0.765. The summed E-state index contributed by atoms with van der Waals surface area (Å²) in [4.78, 5) is 13.2. The maximum absolute atomic E-state index is 11.6. The lowest BCUT2D eigenvalue weighted by molar-refractivity contribution is 0.0811. The van der Waals surface area contributed by atoms with E-state index in [-0.39, 0.29) is 5.91 Å². The third-order valence-corrected chi connectivity index (χ3v) is 3.07. The minimum absolute atomic E-state index is 0.0295. The summed E-state index contributed by atoms with van der Waals surface area (Å²) >= 11 is 4.83. The van der Waals surface area contributed by atoms with Gasteiger partial charge in [0, 0.05) is 19.0 Å². The Morgan fingerprint density at radius 3 is 3.00 bits per heavy atom. The molecule has 0 radical (unpaired) electrons. The van der Waals surface area contributed by atoms with Gasteiger partial charge < -0.3 is 4.90 Å². The van der Waals surface area contributed by atoms with Crippen molar-refractivity contribution in [2.45, 2.75) is 0 Å². The molecule has 1 aromatic rings. The Hall–Kier alpha value is -0.610. The molecule has 0 atom stereocenters. The number of thiophene rings is 1. The summed E-state index contributed by atoms with van der Waals surface area (Å²) in [5.74, 6) is 0.0295. The van der Waals surface area contributed by atoms with Crippen molar-refractivity contribution in [1.82, 2.24) is 4.90 Å². The van der Waals surface area contributed by atoms with E-state index >= 15 is 0 Å². The van der Waals surface area contributed by atoms with Gasteiger partial charge in [0.1, 0.15) is 0 Å². The molecule has 1 aromatic heterocycles. The molecule has 2 nitrogen and oxygen atoms in total. The molecule has 13 heavy (non-hydrogen) atoms. The first-order valence-electron chi connectivity index (χ1n) is 3.75. The average molecular weight is 260 g/mol. The van der Waals surface area contributed by atoms with E-state index in [0.717, 1.165) is 9.35 Å². The van der Waals surface area contributed by atoms with E-state index in [0.29, 0.717) is 6.54 Å². The predicted octanol–water partition coefficient (Wildman–Crippen LogP) is 2.77. The second-order valence-corrected chi connectivity index (χ2v) is 4.90. The molecule has 0 unspecified atom stereocenters. The lowest BCUT2D eigenvalue weighted by Crippen LogP contribution is -2.26. The third-order valence-electron chi connectivity index (χ3n) is 1.56. The van der Waals surface area contributed by atoms with Crippen molar-refractivity contribution in [3.63, 3.8) is 0 Å². The molecule has 70 valence electrons. The first-order chi connectivity index (χ1) is 6.15. The Kier molecular flexibility index (Phi) is 3.69. The summed E-state index contributed by atoms with van der Waals surface area (Å²) in [6.45, 7) is 4.16. The third kappa shape index (κ3) is 2.67. The molecule has 4 heteroatoms. The fourth-order valence-corrected chi connectivity index (χ4v) is 2.05. The van der Waals surface area contributed by atoms with Gasteiger partial charge in [0.15, 0.2) is 0 Å². The largest absolute Gasteiger partial charge is 0.338 e. The number of hydrogen-bond acceptors (Lipinski definition) is 2. The summed E-state index contributed by atoms with van der Waals surface area (Å²) < 4.78 is 0.975. The number of nitrogens with zero attached hydrogens (tertiary/aromatic N) is 1. The monoisotopic (exact) mass is 259 g/mol. The number of amides is 1. The Morgan fingerprint density at radius 2 is 2.54 bits per heavy atom. The second-order valence-electron chi connectivity index (χ2n) is 2.61. The molecule has 0 saturated heterocycles. The van der Waals surface area contributed by atoms with E-state index in [4.69, 9.17) is 0 Å². The molecule has 0 aliphatic carbocycles. The molecule has 0 aliphatic rings. The highest BCUT2D eigenvalue weighted by atomic mass is 79.9. The molecule has 0 aliphatic heterocycles. The average Bonchev–Trinajstić information content (AvgIpc) is 2.51. The molecule has 1 amide bonds. The van der Waals surface area contributed by atoms with E-state index in [2.05, 4.69) is 22.5 Å². The summed E-state index contributed by atoms with van der Waals surface area (Å²) in [6, 6.07) is 1.83. The van der Waals surface area contributed by atoms with Crippen molar-refractivity contribution in [3.05, 3.63) is 33.5 Å². The van der Waals surface area contributed by atoms with Crippen molar-refractivity contribution >= 4 is 33.2 Å². The van der Waals surface area contributed by atoms with Crippen LogP contribution in [0.3, 0.4) is 0 Å². The van der Waals surface area contributed by atoms with E-state index in [1.165, 1.54) is 11.3 Å². The summed E-state index contributed by atoms with van der Waals surface area (Å²) in [7, 11) is 1.76. The van der Waals surface area contributed by atoms with Crippen LogP contribution in [0.2, 0.25) is 0 Å². The molecule has 1 heterocycles. The van der Waals surface area contributed by atoms with Crippen LogP contribution in [0, 0.1) is 0 Å². The van der Waals surface area contributed by atoms with Crippen LogP contribution >= 0.6 is 27.3 Å². The Morgan fingerprint density at radius 1 is 1.85 bits per heavy atom. The number of likely N-dealkylation sites (N-methyl/N-ethyl adjacent to an activating group) is 1. The number of rotatable bonds is 3. The van der Waals surface area contributed by atoms with Gasteiger partial charge in [0.2, 0.25) is 0 Å². The van der Waals surface area contributed by atoms with E-state index in [9.17, 15) is 4.79 Å². The summed E-state index contributed by atoms with van der Waals surface area (Å²) in [5.41, 5.74) is 0.723. The van der Waals surface area contributed by atoms with E-state index < -0.39 is 0 Å². The Bertz CT molecular complexity index is 321. The van der Waals surface area contributed by atoms with E-state index in [1.54, 1.807) is 18.0 Å². The zero-order chi connectivity index (χ0) is 9.84. The molecule has 0 saturated carbocycles. The molecular weight excluding hydrogens is 250 g/mol. The van der Waals surface area contributed by atoms with Gasteiger partial charge in [0.25, 0.3) is 5.91 Å². The lowest BCUT2D eigenvalue weighted by Gasteiger charge is -2.13. The number of carbonyl (C=O) groups excluding carboxylic acids is 1. The fraction of sp³-hybridized carbons (Fsp3) is 0.222. The highest BCUT2D eigenvalue weighted by Crippen LogP contribution is 2.21. The first-order valence-corrected chi connectivity index (χ1v) is 5.43. The Labute approximate surface area is 90.0 Å². The predicted molar refractivity (Wildman–Crippen MR) is 59.2 cm³/mol. The molecule has 0 fully saturated rings. The van der Waals surface area contributed by atoms with Gasteiger partial charge in [-0.2, -0.15) is 0 Å². The van der Waals surface area contributed by atoms with Crippen LogP contribution in [0.5, 0.6) is 0 Å². The fourth-order valence-electron chi connectivity index (χ4n) is 0.919. The normalized spacial score (nSPS) is 9.69. The van der Waals surface area contributed by atoms with Crippen LogP contribution < -0.4 is 0 Å². The van der Waals surface area contributed by atoms with Crippen molar-refractivity contribution in [2.24, 2.45) is 0 Å². The van der Waals surface area contributed by atoms with Crippen LogP contribution in [0.1, 0.15) is 10.4 Å². The highest BCUT2D eigenvalue weighted by molar-refractivity contribution is 9.11. The SMILES string of the molecule is C=CCN(C)C(=O)c1csc(Br)c1. The number of carbonyl (C=O) groups is 1. The zero-order valence-corrected chi connectivity index (χ0v) is 9.69. The van der Waals surface area contributed by atoms with Crippen LogP contribution in [0.4, 0.5) is 0 Å². The topological polar surface area (TPSA) is 20.3 Å². The maximum Gasteiger partial charge on any atom is 0.254 e. The van der Waals surface area contributed by atoms with Gasteiger partial charge in [-0.05, 0) is 22.0 Å². The lowest BCUT2D eigenvalue weighted by atomic mass is 10.3. The minimum Gasteiger partial charge on any atom is -0.338 e. The maximum atomic E-state index is 11.6. The zero-order valence-electron chi connectivity index (χ0n) is 7.29. The van der Waals surface area contributed by atoms with Crippen LogP contribution in [0.15, 0.2) is 27.9 Å². The molecule has 1 rings (SSSR count). The molecule has 0 spiro atoms. The standard InChI is InChI=1S/C9H10BrNOS/c1-3-4-11(2)9(12)7-5-8(10)13-6-7/h3,5-6H,1,4H2,2H3. The summed E-state index contributed by atoms with van der Waals surface area (Å²) in [6.07, 6.45) is 1.71. The van der Waals surface area contributed by atoms with Gasteiger partial charge >= 0.3 is 0 Å². The smallest absolute Gasteiger partial charge is 0.254 e. The van der Waals surface area contributed by atoms with Crippen molar-refractivity contribution in [3.8, 4) is 0 Å². The molecule has 0 bridgehead atoms. The van der Waals surface area contributed by atoms with Crippen LogP contribution in [0.25, 0.3) is 0 Å². The number of halogens is 1. The van der Waals surface area contributed by atoms with Crippen LogP contribution in [-0.4, -0.2) is 24.4 Å². The van der Waals surface area contributed by atoms with Crippen molar-refractivity contribution in [1.29, 1.82) is 0 Å². The summed E-state index contributed by atoms with van der Waals surface area (Å²) in [5, 5.41) is 1.84. The first kappa shape index (κ1) is 10.5. The highest BCUT2D eigenvalue weighted by Gasteiger charge is 2.11. The van der Waals surface area contributed by atoms with Gasteiger partial charge in [0.05, 0.1) is 9.35 Å². The van der Waals surface area contributed by atoms with Gasteiger partial charge in [-0.25, -0.2) is 0 Å². The van der Waals surface area contributed by atoms with Gasteiger partial charge in [-0.1, -0.05) is 6.08 Å². The molecule has 0 N–H and O–H groups in total. The van der Waals surface area contributed by atoms with Crippen molar-refractivity contribution < 1.29 is 4.79 Å². The second kappa shape index (κ2) is 4.58. The van der Waals surface area contributed by atoms with Crippen molar-refractivity contribution in [2.75, 3.05) is 13.6 Å². The van der Waals surface area contributed by atoms with E-state index in [1.807, 2.05) is 11.4 Å². The minimum atomic E-state index is 0.0295. The van der Waals surface area contributed by atoms with Gasteiger partial charge in [-0.3, -0.25) is 4.79 Å². The van der Waals surface area contributed by atoms with Gasteiger partial charge in [-0.15, -0.1) is 17.9 Å². The molecular formula is C9H10BrNOS.